The summed E-state index contributed by atoms with van der Waals surface area (Å²) in [7, 11) is 0. The van der Waals surface area contributed by atoms with Crippen molar-refractivity contribution in [2.75, 3.05) is 5.32 Å². The number of anilines is 1. The molecule has 0 amide bonds. The minimum atomic E-state index is 0.308. The van der Waals surface area contributed by atoms with Crippen LogP contribution in [0, 0.1) is 0 Å². The van der Waals surface area contributed by atoms with Crippen LogP contribution >= 0.6 is 11.6 Å². The van der Waals surface area contributed by atoms with E-state index >= 15 is 0 Å². The van der Waals surface area contributed by atoms with E-state index in [1.165, 1.54) is 0 Å². The molecule has 0 saturated carbocycles. The Morgan fingerprint density at radius 3 is 2.57 bits per heavy atom. The molecule has 108 valence electrons. The maximum atomic E-state index is 6.36. The summed E-state index contributed by atoms with van der Waals surface area (Å²) in [6.45, 7) is 4.97. The van der Waals surface area contributed by atoms with Crippen molar-refractivity contribution in [3.05, 3.63) is 59.4 Å². The largest absolute Gasteiger partial charge is 0.378 e. The van der Waals surface area contributed by atoms with Crippen molar-refractivity contribution in [1.29, 1.82) is 0 Å². The van der Waals surface area contributed by atoms with Gasteiger partial charge in [-0.05, 0) is 38.1 Å². The monoisotopic (exact) mass is 299 g/mol. The van der Waals surface area contributed by atoms with Crippen LogP contribution in [0.1, 0.15) is 25.7 Å². The summed E-state index contributed by atoms with van der Waals surface area (Å²) in [6, 6.07) is 16.3. The van der Waals surface area contributed by atoms with E-state index in [1.54, 1.807) is 0 Å². The molecule has 0 radical (unpaired) electrons. The average molecular weight is 300 g/mol. The van der Waals surface area contributed by atoms with Crippen molar-refractivity contribution in [2.45, 2.75) is 26.4 Å². The number of rotatable bonds is 4. The number of imidazole rings is 1. The van der Waals surface area contributed by atoms with Crippen LogP contribution in [0.3, 0.4) is 0 Å². The van der Waals surface area contributed by atoms with Gasteiger partial charge in [0, 0.05) is 11.7 Å². The molecule has 3 nitrogen and oxygen atoms in total. The van der Waals surface area contributed by atoms with Crippen LogP contribution in [0.15, 0.2) is 48.5 Å². The summed E-state index contributed by atoms with van der Waals surface area (Å²) in [4.78, 5) is 4.73. The zero-order chi connectivity index (χ0) is 14.8. The number of nitrogens with one attached hydrogen (secondary N) is 1. The van der Waals surface area contributed by atoms with E-state index in [0.29, 0.717) is 12.6 Å². The molecule has 4 heteroatoms. The van der Waals surface area contributed by atoms with Crippen molar-refractivity contribution < 1.29 is 0 Å². The molecule has 0 atom stereocenters. The highest BCUT2D eigenvalue weighted by atomic mass is 35.5. The first-order valence-corrected chi connectivity index (χ1v) is 7.49. The van der Waals surface area contributed by atoms with Gasteiger partial charge in [-0.15, -0.1) is 0 Å². The number of hydrogen-bond acceptors (Lipinski definition) is 2. The molecule has 21 heavy (non-hydrogen) atoms. The fourth-order valence-electron chi connectivity index (χ4n) is 2.57. The molecule has 1 N–H and O–H groups in total. The molecule has 0 spiro atoms. The van der Waals surface area contributed by atoms with Gasteiger partial charge in [-0.25, -0.2) is 4.98 Å². The molecule has 1 aromatic heterocycles. The van der Waals surface area contributed by atoms with E-state index < -0.39 is 0 Å². The number of hydrogen-bond donors (Lipinski definition) is 1. The predicted octanol–water partition coefficient (Wildman–Crippen LogP) is 4.88. The Kier molecular flexibility index (Phi) is 3.84. The second kappa shape index (κ2) is 5.78. The van der Waals surface area contributed by atoms with Crippen LogP contribution in [-0.2, 0) is 6.54 Å². The van der Waals surface area contributed by atoms with Gasteiger partial charge in [-0.2, -0.15) is 0 Å². The van der Waals surface area contributed by atoms with Crippen molar-refractivity contribution in [1.82, 2.24) is 9.55 Å². The van der Waals surface area contributed by atoms with Gasteiger partial charge < -0.3 is 9.88 Å². The first-order valence-electron chi connectivity index (χ1n) is 7.11. The number of aromatic nitrogens is 2. The van der Waals surface area contributed by atoms with E-state index in [9.17, 15) is 0 Å². The Labute approximate surface area is 129 Å². The molecule has 0 aliphatic heterocycles. The van der Waals surface area contributed by atoms with Crippen LogP contribution < -0.4 is 5.32 Å². The van der Waals surface area contributed by atoms with Gasteiger partial charge in [0.25, 0.3) is 0 Å². The lowest BCUT2D eigenvalue weighted by molar-refractivity contribution is 0.589. The zero-order valence-electron chi connectivity index (χ0n) is 12.2. The van der Waals surface area contributed by atoms with Crippen molar-refractivity contribution in [3.63, 3.8) is 0 Å². The van der Waals surface area contributed by atoms with Gasteiger partial charge in [0.2, 0.25) is 0 Å². The Balaban J connectivity index is 1.98. The van der Waals surface area contributed by atoms with Gasteiger partial charge in [0.1, 0.15) is 5.82 Å². The van der Waals surface area contributed by atoms with Gasteiger partial charge in [-0.3, -0.25) is 0 Å². The van der Waals surface area contributed by atoms with Crippen molar-refractivity contribution >= 4 is 28.3 Å². The topological polar surface area (TPSA) is 29.9 Å². The van der Waals surface area contributed by atoms with Crippen LogP contribution in [0.25, 0.3) is 11.0 Å². The SMILES string of the molecule is CC(C)n1c(CNc2ccccc2)nc2cccc(Cl)c21. The maximum absolute atomic E-state index is 6.36. The molecule has 0 fully saturated rings. The summed E-state index contributed by atoms with van der Waals surface area (Å²) in [5, 5.41) is 4.16. The number of halogens is 1. The molecular weight excluding hydrogens is 282 g/mol. The van der Waals surface area contributed by atoms with Gasteiger partial charge in [0.15, 0.2) is 0 Å². The molecule has 0 saturated heterocycles. The third kappa shape index (κ3) is 2.74. The lowest BCUT2D eigenvalue weighted by Gasteiger charge is -2.14. The number of benzene rings is 2. The lowest BCUT2D eigenvalue weighted by atomic mass is 10.3. The molecule has 3 aromatic rings. The zero-order valence-corrected chi connectivity index (χ0v) is 12.9. The van der Waals surface area contributed by atoms with E-state index in [-0.39, 0.29) is 0 Å². The Hall–Kier alpha value is -2.00. The van der Waals surface area contributed by atoms with E-state index in [2.05, 4.69) is 35.9 Å². The van der Waals surface area contributed by atoms with Crippen LogP contribution in [-0.4, -0.2) is 9.55 Å². The molecule has 1 heterocycles. The van der Waals surface area contributed by atoms with Gasteiger partial charge in [-0.1, -0.05) is 35.9 Å². The number of fused-ring (bicyclic) bond motifs is 1. The highest BCUT2D eigenvalue weighted by molar-refractivity contribution is 6.35. The summed E-state index contributed by atoms with van der Waals surface area (Å²) in [5.41, 5.74) is 3.05. The maximum Gasteiger partial charge on any atom is 0.129 e. The molecule has 0 aliphatic rings. The van der Waals surface area contributed by atoms with E-state index in [0.717, 1.165) is 27.6 Å². The molecule has 0 aliphatic carbocycles. The predicted molar refractivity (Wildman–Crippen MR) is 88.9 cm³/mol. The third-order valence-electron chi connectivity index (χ3n) is 3.47. The molecule has 0 unspecified atom stereocenters. The van der Waals surface area contributed by atoms with Crippen LogP contribution in [0.5, 0.6) is 0 Å². The summed E-state index contributed by atoms with van der Waals surface area (Å²) in [5.74, 6) is 0.997. The Bertz CT molecular complexity index is 747. The van der Waals surface area contributed by atoms with E-state index in [1.807, 2.05) is 36.4 Å². The molecule has 0 bridgehead atoms. The highest BCUT2D eigenvalue weighted by Gasteiger charge is 2.15. The quantitative estimate of drug-likeness (QED) is 0.744. The molecule has 2 aromatic carbocycles. The Morgan fingerprint density at radius 1 is 1.10 bits per heavy atom. The third-order valence-corrected chi connectivity index (χ3v) is 3.78. The second-order valence-electron chi connectivity index (χ2n) is 5.32. The molecule has 3 rings (SSSR count). The normalized spacial score (nSPS) is 11.2. The second-order valence-corrected chi connectivity index (χ2v) is 5.73. The standard InChI is InChI=1S/C17H18ClN3/c1-12(2)21-16(11-19-13-7-4-3-5-8-13)20-15-10-6-9-14(18)17(15)21/h3-10,12,19H,11H2,1-2H3. The number of para-hydroxylation sites is 2. The number of nitrogens with zero attached hydrogens (tertiary/aromatic N) is 2. The first-order chi connectivity index (χ1) is 10.2. The van der Waals surface area contributed by atoms with Crippen molar-refractivity contribution in [3.8, 4) is 0 Å². The minimum Gasteiger partial charge on any atom is -0.378 e. The van der Waals surface area contributed by atoms with Crippen molar-refractivity contribution in [2.24, 2.45) is 0 Å². The fraction of sp³-hybridized carbons (Fsp3) is 0.235. The first kappa shape index (κ1) is 14.0. The molecular formula is C17H18ClN3. The summed E-state index contributed by atoms with van der Waals surface area (Å²) < 4.78 is 2.20. The average Bonchev–Trinajstić information content (AvgIpc) is 2.86. The smallest absolute Gasteiger partial charge is 0.129 e. The fourth-order valence-corrected chi connectivity index (χ4v) is 2.83. The van der Waals surface area contributed by atoms with E-state index in [4.69, 9.17) is 16.6 Å². The van der Waals surface area contributed by atoms with Gasteiger partial charge >= 0.3 is 0 Å². The van der Waals surface area contributed by atoms with Gasteiger partial charge in [0.05, 0.1) is 22.6 Å². The summed E-state index contributed by atoms with van der Waals surface area (Å²) in [6.07, 6.45) is 0. The van der Waals surface area contributed by atoms with Crippen LogP contribution in [0.2, 0.25) is 5.02 Å². The van der Waals surface area contributed by atoms with Crippen LogP contribution in [0.4, 0.5) is 5.69 Å². The highest BCUT2D eigenvalue weighted by Crippen LogP contribution is 2.28. The lowest BCUT2D eigenvalue weighted by Crippen LogP contribution is -2.10. The Morgan fingerprint density at radius 2 is 1.86 bits per heavy atom. The minimum absolute atomic E-state index is 0.308. The summed E-state index contributed by atoms with van der Waals surface area (Å²) >= 11 is 6.36.